The molecule has 0 aliphatic carbocycles. The first-order valence-corrected chi connectivity index (χ1v) is 7.63. The molecule has 1 N–H and O–H groups in total. The van der Waals surface area contributed by atoms with Crippen LogP contribution in [0.1, 0.15) is 5.56 Å². The van der Waals surface area contributed by atoms with Crippen LogP contribution in [-0.4, -0.2) is 19.2 Å². The van der Waals surface area contributed by atoms with Gasteiger partial charge in [0.15, 0.2) is 0 Å². The number of pyridine rings is 1. The van der Waals surface area contributed by atoms with Crippen LogP contribution >= 0.6 is 11.6 Å². The van der Waals surface area contributed by atoms with Gasteiger partial charge in [-0.3, -0.25) is 0 Å². The third-order valence-corrected chi connectivity index (χ3v) is 3.92. The van der Waals surface area contributed by atoms with Crippen molar-refractivity contribution in [2.24, 2.45) is 0 Å². The van der Waals surface area contributed by atoms with E-state index >= 15 is 0 Å². The number of rotatable bonds is 4. The summed E-state index contributed by atoms with van der Waals surface area (Å²) in [6, 6.07) is 11.5. The van der Waals surface area contributed by atoms with E-state index in [1.807, 2.05) is 0 Å². The van der Waals surface area contributed by atoms with Crippen LogP contribution in [0.2, 0.25) is 5.02 Å². The molecular weight excluding hydrogens is 345 g/mol. The van der Waals surface area contributed by atoms with Gasteiger partial charge in [0, 0.05) is 11.1 Å². The molecule has 126 valence electrons. The Balaban J connectivity index is 2.22. The highest BCUT2D eigenvalue weighted by atomic mass is 35.5. The minimum Gasteiger partial charge on any atom is -0.490 e. The molecule has 0 saturated carbocycles. The SMILES string of the molecule is COc1nc2cc(C#N)ccc2c(Nc2ccc(F)c(Cl)c2)c1OC. The van der Waals surface area contributed by atoms with Gasteiger partial charge >= 0.3 is 0 Å². The molecule has 0 bridgehead atoms. The van der Waals surface area contributed by atoms with Crippen LogP contribution < -0.4 is 14.8 Å². The molecule has 1 aromatic heterocycles. The summed E-state index contributed by atoms with van der Waals surface area (Å²) in [6.45, 7) is 0. The fourth-order valence-electron chi connectivity index (χ4n) is 2.46. The molecule has 0 aliphatic heterocycles. The van der Waals surface area contributed by atoms with Crippen LogP contribution in [0.5, 0.6) is 11.6 Å². The van der Waals surface area contributed by atoms with Gasteiger partial charge in [-0.2, -0.15) is 5.26 Å². The van der Waals surface area contributed by atoms with Crippen molar-refractivity contribution < 1.29 is 13.9 Å². The van der Waals surface area contributed by atoms with Gasteiger partial charge < -0.3 is 14.8 Å². The van der Waals surface area contributed by atoms with Crippen LogP contribution in [0.25, 0.3) is 10.9 Å². The minimum absolute atomic E-state index is 0.000982. The first kappa shape index (κ1) is 16.8. The summed E-state index contributed by atoms with van der Waals surface area (Å²) in [5.74, 6) is 0.149. The maximum Gasteiger partial charge on any atom is 0.259 e. The third kappa shape index (κ3) is 3.14. The van der Waals surface area contributed by atoms with Gasteiger partial charge in [0.1, 0.15) is 5.82 Å². The summed E-state index contributed by atoms with van der Waals surface area (Å²) in [4.78, 5) is 4.38. The molecule has 3 rings (SSSR count). The number of nitriles is 1. The zero-order chi connectivity index (χ0) is 18.0. The molecule has 0 aliphatic rings. The van der Waals surface area contributed by atoms with E-state index in [1.165, 1.54) is 26.4 Å². The van der Waals surface area contributed by atoms with Crippen molar-refractivity contribution in [2.75, 3.05) is 19.5 Å². The van der Waals surface area contributed by atoms with E-state index in [1.54, 1.807) is 24.3 Å². The quantitative estimate of drug-likeness (QED) is 0.735. The lowest BCUT2D eigenvalue weighted by molar-refractivity contribution is 0.346. The van der Waals surface area contributed by atoms with E-state index in [4.69, 9.17) is 26.3 Å². The maximum atomic E-state index is 13.4. The molecule has 5 nitrogen and oxygen atoms in total. The van der Waals surface area contributed by atoms with Gasteiger partial charge in [-0.1, -0.05) is 11.6 Å². The first-order valence-electron chi connectivity index (χ1n) is 7.25. The van der Waals surface area contributed by atoms with Crippen molar-refractivity contribution in [1.29, 1.82) is 5.26 Å². The third-order valence-electron chi connectivity index (χ3n) is 3.63. The summed E-state index contributed by atoms with van der Waals surface area (Å²) in [5, 5.41) is 13.0. The van der Waals surface area contributed by atoms with Gasteiger partial charge in [0.25, 0.3) is 5.88 Å². The second kappa shape index (κ2) is 6.83. The van der Waals surface area contributed by atoms with E-state index in [0.717, 1.165) is 5.39 Å². The Labute approximate surface area is 148 Å². The maximum absolute atomic E-state index is 13.4. The van der Waals surface area contributed by atoms with Gasteiger partial charge in [0.2, 0.25) is 5.75 Å². The van der Waals surface area contributed by atoms with Gasteiger partial charge in [0.05, 0.1) is 42.1 Å². The average molecular weight is 358 g/mol. The highest BCUT2D eigenvalue weighted by Gasteiger charge is 2.18. The van der Waals surface area contributed by atoms with Crippen LogP contribution in [0.4, 0.5) is 15.8 Å². The Bertz CT molecular complexity index is 1000. The van der Waals surface area contributed by atoms with Crippen LogP contribution in [0.15, 0.2) is 36.4 Å². The van der Waals surface area contributed by atoms with Crippen LogP contribution in [0.3, 0.4) is 0 Å². The number of ether oxygens (including phenoxy) is 2. The highest BCUT2D eigenvalue weighted by molar-refractivity contribution is 6.31. The first-order chi connectivity index (χ1) is 12.1. The normalized spacial score (nSPS) is 10.4. The Kier molecular flexibility index (Phi) is 4.59. The standard InChI is InChI=1S/C18H13ClFN3O2/c1-24-17-16(22-11-4-6-14(20)13(19)8-11)12-5-3-10(9-21)7-15(12)23-18(17)25-2/h3-8H,1-2H3,(H,22,23). The molecule has 3 aromatic rings. The van der Waals surface area contributed by atoms with Crippen molar-refractivity contribution in [2.45, 2.75) is 0 Å². The number of hydrogen-bond acceptors (Lipinski definition) is 5. The van der Waals surface area contributed by atoms with Crippen LogP contribution in [0, 0.1) is 17.1 Å². The Morgan fingerprint density at radius 3 is 2.60 bits per heavy atom. The lowest BCUT2D eigenvalue weighted by atomic mass is 10.1. The molecule has 7 heteroatoms. The number of nitrogens with zero attached hydrogens (tertiary/aromatic N) is 2. The Morgan fingerprint density at radius 2 is 1.96 bits per heavy atom. The number of nitrogens with one attached hydrogen (secondary N) is 1. The lowest BCUT2D eigenvalue weighted by Gasteiger charge is -2.16. The summed E-state index contributed by atoms with van der Waals surface area (Å²) in [6.07, 6.45) is 0. The Hall–Kier alpha value is -3.04. The smallest absolute Gasteiger partial charge is 0.259 e. The summed E-state index contributed by atoms with van der Waals surface area (Å²) < 4.78 is 24.1. The topological polar surface area (TPSA) is 67.2 Å². The zero-order valence-electron chi connectivity index (χ0n) is 13.4. The van der Waals surface area contributed by atoms with E-state index in [0.29, 0.717) is 28.2 Å². The van der Waals surface area contributed by atoms with Gasteiger partial charge in [-0.05, 0) is 36.4 Å². The molecule has 0 amide bonds. The molecule has 0 unspecified atom stereocenters. The molecule has 25 heavy (non-hydrogen) atoms. The number of fused-ring (bicyclic) bond motifs is 1. The molecule has 1 heterocycles. The molecule has 0 saturated heterocycles. The predicted molar refractivity (Wildman–Crippen MR) is 94.3 cm³/mol. The van der Waals surface area contributed by atoms with E-state index in [-0.39, 0.29) is 10.9 Å². The van der Waals surface area contributed by atoms with E-state index in [9.17, 15) is 4.39 Å². The second-order valence-corrected chi connectivity index (χ2v) is 5.53. The van der Waals surface area contributed by atoms with E-state index in [2.05, 4.69) is 16.4 Å². The molecule has 0 spiro atoms. The summed E-state index contributed by atoms with van der Waals surface area (Å²) >= 11 is 5.85. The molecule has 2 aromatic carbocycles. The van der Waals surface area contributed by atoms with Crippen molar-refractivity contribution in [3.63, 3.8) is 0 Å². The Morgan fingerprint density at radius 1 is 1.16 bits per heavy atom. The fraction of sp³-hybridized carbons (Fsp3) is 0.111. The predicted octanol–water partition coefficient (Wildman–Crippen LogP) is 4.66. The molecule has 0 atom stereocenters. The number of methoxy groups -OCH3 is 2. The second-order valence-electron chi connectivity index (χ2n) is 5.13. The minimum atomic E-state index is -0.505. The summed E-state index contributed by atoms with van der Waals surface area (Å²) in [7, 11) is 2.97. The van der Waals surface area contributed by atoms with Crippen molar-refractivity contribution in [1.82, 2.24) is 4.98 Å². The molecule has 0 fully saturated rings. The highest BCUT2D eigenvalue weighted by Crippen LogP contribution is 2.41. The van der Waals surface area contributed by atoms with Crippen molar-refractivity contribution in [3.05, 3.63) is 52.8 Å². The molecular formula is C18H13ClFN3O2. The monoisotopic (exact) mass is 357 g/mol. The van der Waals surface area contributed by atoms with Crippen molar-refractivity contribution >= 4 is 33.9 Å². The van der Waals surface area contributed by atoms with Crippen LogP contribution in [-0.2, 0) is 0 Å². The number of anilines is 2. The average Bonchev–Trinajstić information content (AvgIpc) is 2.63. The number of aromatic nitrogens is 1. The van der Waals surface area contributed by atoms with Gasteiger partial charge in [-0.15, -0.1) is 0 Å². The number of benzene rings is 2. The fourth-order valence-corrected chi connectivity index (χ4v) is 2.65. The molecule has 0 radical (unpaired) electrons. The summed E-state index contributed by atoms with van der Waals surface area (Å²) in [5.41, 5.74) is 2.19. The van der Waals surface area contributed by atoms with E-state index < -0.39 is 5.82 Å². The number of hydrogen-bond donors (Lipinski definition) is 1. The zero-order valence-corrected chi connectivity index (χ0v) is 14.2. The van der Waals surface area contributed by atoms with Crippen molar-refractivity contribution in [3.8, 4) is 17.7 Å². The lowest BCUT2D eigenvalue weighted by Crippen LogP contribution is -2.01. The largest absolute Gasteiger partial charge is 0.490 e. The van der Waals surface area contributed by atoms with Gasteiger partial charge in [-0.25, -0.2) is 9.37 Å². The number of halogens is 2.